The van der Waals surface area contributed by atoms with Crippen LogP contribution >= 0.6 is 0 Å². The topological polar surface area (TPSA) is 96.1 Å². The predicted octanol–water partition coefficient (Wildman–Crippen LogP) is 1.42. The van der Waals surface area contributed by atoms with E-state index in [2.05, 4.69) is 10.3 Å². The lowest BCUT2D eigenvalue weighted by molar-refractivity contribution is 0.102. The van der Waals surface area contributed by atoms with Crippen molar-refractivity contribution >= 4 is 21.4 Å². The van der Waals surface area contributed by atoms with Crippen LogP contribution in [0.5, 0.6) is 0 Å². The first-order valence-electron chi connectivity index (χ1n) is 6.25. The largest absolute Gasteiger partial charge is 0.329 e. The molecule has 2 N–H and O–H groups in total. The van der Waals surface area contributed by atoms with Gasteiger partial charge in [-0.3, -0.25) is 9.59 Å². The summed E-state index contributed by atoms with van der Waals surface area (Å²) in [6, 6.07) is 8.55. The van der Waals surface area contributed by atoms with Gasteiger partial charge in [-0.05, 0) is 30.3 Å². The number of carbonyl (C=O) groups is 1. The second-order valence-electron chi connectivity index (χ2n) is 4.32. The Balaban J connectivity index is 2.18. The van der Waals surface area contributed by atoms with Gasteiger partial charge in [0, 0.05) is 23.5 Å². The van der Waals surface area contributed by atoms with E-state index in [9.17, 15) is 18.0 Å². The molecular formula is C14H14N2O4S. The molecule has 0 aliphatic carbocycles. The van der Waals surface area contributed by atoms with Gasteiger partial charge in [0.05, 0.1) is 10.6 Å². The number of aromatic amines is 1. The van der Waals surface area contributed by atoms with E-state index in [0.717, 1.165) is 0 Å². The monoisotopic (exact) mass is 306 g/mol. The summed E-state index contributed by atoms with van der Waals surface area (Å²) in [5, 5.41) is 2.60. The Morgan fingerprint density at radius 2 is 1.86 bits per heavy atom. The van der Waals surface area contributed by atoms with Crippen LogP contribution in [-0.4, -0.2) is 25.1 Å². The Morgan fingerprint density at radius 1 is 1.19 bits per heavy atom. The van der Waals surface area contributed by atoms with Crippen molar-refractivity contribution in [3.05, 3.63) is 58.5 Å². The number of amides is 1. The van der Waals surface area contributed by atoms with Gasteiger partial charge < -0.3 is 10.3 Å². The summed E-state index contributed by atoms with van der Waals surface area (Å²) in [6.45, 7) is 1.57. The first-order valence-corrected chi connectivity index (χ1v) is 7.90. The van der Waals surface area contributed by atoms with Crippen LogP contribution in [0.15, 0.2) is 52.3 Å². The molecular weight excluding hydrogens is 292 g/mol. The van der Waals surface area contributed by atoms with Crippen LogP contribution in [0.3, 0.4) is 0 Å². The molecule has 0 radical (unpaired) electrons. The summed E-state index contributed by atoms with van der Waals surface area (Å²) in [5.74, 6) is -0.418. The third-order valence-electron chi connectivity index (χ3n) is 2.89. The minimum absolute atomic E-state index is 0.0193. The van der Waals surface area contributed by atoms with Gasteiger partial charge >= 0.3 is 0 Å². The lowest BCUT2D eigenvalue weighted by Crippen LogP contribution is -2.15. The number of anilines is 1. The van der Waals surface area contributed by atoms with E-state index < -0.39 is 15.7 Å². The first-order chi connectivity index (χ1) is 9.92. The zero-order valence-electron chi connectivity index (χ0n) is 11.3. The molecule has 6 nitrogen and oxygen atoms in total. The van der Waals surface area contributed by atoms with Crippen molar-refractivity contribution in [1.29, 1.82) is 0 Å². The maximum Gasteiger partial charge on any atom is 0.255 e. The molecule has 0 saturated heterocycles. The van der Waals surface area contributed by atoms with Gasteiger partial charge in [-0.1, -0.05) is 6.92 Å². The minimum Gasteiger partial charge on any atom is -0.329 e. The maximum absolute atomic E-state index is 11.9. The molecule has 1 heterocycles. The highest BCUT2D eigenvalue weighted by molar-refractivity contribution is 7.91. The van der Waals surface area contributed by atoms with Crippen molar-refractivity contribution in [1.82, 2.24) is 4.98 Å². The Kier molecular flexibility index (Phi) is 4.23. The first kappa shape index (κ1) is 15.0. The lowest BCUT2D eigenvalue weighted by atomic mass is 10.2. The molecule has 2 aromatic rings. The molecule has 0 spiro atoms. The maximum atomic E-state index is 11.9. The van der Waals surface area contributed by atoms with Crippen LogP contribution in [0.1, 0.15) is 17.3 Å². The number of benzene rings is 1. The molecule has 0 unspecified atom stereocenters. The van der Waals surface area contributed by atoms with Gasteiger partial charge in [0.25, 0.3) is 5.91 Å². The number of rotatable bonds is 4. The fourth-order valence-corrected chi connectivity index (χ4v) is 2.59. The molecule has 7 heteroatoms. The van der Waals surface area contributed by atoms with E-state index in [1.807, 2.05) is 0 Å². The highest BCUT2D eigenvalue weighted by Crippen LogP contribution is 2.15. The Labute approximate surface area is 121 Å². The lowest BCUT2D eigenvalue weighted by Gasteiger charge is -2.06. The number of nitrogens with one attached hydrogen (secondary N) is 2. The SMILES string of the molecule is CCS(=O)(=O)c1ccc(NC(=O)c2cc[nH]c(=O)c2)cc1. The second-order valence-corrected chi connectivity index (χ2v) is 6.60. The number of pyridine rings is 1. The zero-order valence-corrected chi connectivity index (χ0v) is 12.1. The molecule has 110 valence electrons. The molecule has 1 amide bonds. The molecule has 0 fully saturated rings. The van der Waals surface area contributed by atoms with Crippen LogP contribution in [0.2, 0.25) is 0 Å². The highest BCUT2D eigenvalue weighted by atomic mass is 32.2. The van der Waals surface area contributed by atoms with E-state index in [1.165, 1.54) is 42.6 Å². The Morgan fingerprint density at radius 3 is 2.43 bits per heavy atom. The Bertz CT molecular complexity index is 807. The molecule has 0 aliphatic rings. The summed E-state index contributed by atoms with van der Waals surface area (Å²) in [6.07, 6.45) is 1.38. The van der Waals surface area contributed by atoms with Gasteiger partial charge in [-0.15, -0.1) is 0 Å². The van der Waals surface area contributed by atoms with Crippen molar-refractivity contribution in [3.8, 4) is 0 Å². The molecule has 0 bridgehead atoms. The van der Waals surface area contributed by atoms with Gasteiger partial charge in [-0.2, -0.15) is 0 Å². The van der Waals surface area contributed by atoms with E-state index >= 15 is 0 Å². The van der Waals surface area contributed by atoms with Crippen LogP contribution in [0.25, 0.3) is 0 Å². The number of H-pyrrole nitrogens is 1. The van der Waals surface area contributed by atoms with E-state index in [1.54, 1.807) is 6.92 Å². The average Bonchev–Trinajstić information content (AvgIpc) is 2.48. The average molecular weight is 306 g/mol. The highest BCUT2D eigenvalue weighted by Gasteiger charge is 2.12. The minimum atomic E-state index is -3.26. The summed E-state index contributed by atoms with van der Waals surface area (Å²) in [7, 11) is -3.26. The smallest absolute Gasteiger partial charge is 0.255 e. The number of hydrogen-bond acceptors (Lipinski definition) is 4. The molecule has 1 aromatic carbocycles. The normalized spacial score (nSPS) is 11.1. The molecule has 1 aromatic heterocycles. The van der Waals surface area contributed by atoms with Crippen molar-refractivity contribution in [2.24, 2.45) is 0 Å². The molecule has 21 heavy (non-hydrogen) atoms. The standard InChI is InChI=1S/C14H14N2O4S/c1-2-21(19,20)12-5-3-11(4-6-12)16-14(18)10-7-8-15-13(17)9-10/h3-9H,2H2,1H3,(H,15,17)(H,16,18). The summed E-state index contributed by atoms with van der Waals surface area (Å²) < 4.78 is 23.3. The van der Waals surface area contributed by atoms with Crippen molar-refractivity contribution < 1.29 is 13.2 Å². The fraction of sp³-hybridized carbons (Fsp3) is 0.143. The van der Waals surface area contributed by atoms with E-state index in [4.69, 9.17) is 0 Å². The number of sulfone groups is 1. The number of hydrogen-bond donors (Lipinski definition) is 2. The van der Waals surface area contributed by atoms with Gasteiger partial charge in [0.15, 0.2) is 9.84 Å². The van der Waals surface area contributed by atoms with Crippen LogP contribution in [-0.2, 0) is 9.84 Å². The quantitative estimate of drug-likeness (QED) is 0.893. The third-order valence-corrected chi connectivity index (χ3v) is 4.64. The summed E-state index contributed by atoms with van der Waals surface area (Å²) >= 11 is 0. The summed E-state index contributed by atoms with van der Waals surface area (Å²) in [4.78, 5) is 25.7. The van der Waals surface area contributed by atoms with E-state index in [-0.39, 0.29) is 21.8 Å². The number of aromatic nitrogens is 1. The van der Waals surface area contributed by atoms with Crippen molar-refractivity contribution in [3.63, 3.8) is 0 Å². The van der Waals surface area contributed by atoms with Crippen molar-refractivity contribution in [2.45, 2.75) is 11.8 Å². The van der Waals surface area contributed by atoms with Crippen LogP contribution in [0.4, 0.5) is 5.69 Å². The number of carbonyl (C=O) groups excluding carboxylic acids is 1. The van der Waals surface area contributed by atoms with Gasteiger partial charge in [0.2, 0.25) is 5.56 Å². The second kappa shape index (κ2) is 5.92. The van der Waals surface area contributed by atoms with Gasteiger partial charge in [0.1, 0.15) is 0 Å². The fourth-order valence-electron chi connectivity index (χ4n) is 1.70. The third kappa shape index (κ3) is 3.57. The molecule has 0 saturated carbocycles. The summed E-state index contributed by atoms with van der Waals surface area (Å²) in [5.41, 5.74) is 0.311. The molecule has 0 aliphatic heterocycles. The van der Waals surface area contributed by atoms with Crippen LogP contribution < -0.4 is 10.9 Å². The zero-order chi connectivity index (χ0) is 15.5. The van der Waals surface area contributed by atoms with Crippen molar-refractivity contribution in [2.75, 3.05) is 11.1 Å². The van der Waals surface area contributed by atoms with Gasteiger partial charge in [-0.25, -0.2) is 8.42 Å². The van der Waals surface area contributed by atoms with E-state index in [0.29, 0.717) is 5.69 Å². The molecule has 2 rings (SSSR count). The Hall–Kier alpha value is -2.41. The molecule has 0 atom stereocenters. The predicted molar refractivity (Wildman–Crippen MR) is 79.2 cm³/mol. The van der Waals surface area contributed by atoms with Crippen LogP contribution in [0, 0.1) is 0 Å².